The van der Waals surface area contributed by atoms with Crippen LogP contribution in [0.2, 0.25) is 0 Å². The molecular formula is C15H22N2O3. The maximum absolute atomic E-state index is 11.7. The minimum Gasteiger partial charge on any atom is -0.478 e. The summed E-state index contributed by atoms with van der Waals surface area (Å²) < 4.78 is 0. The van der Waals surface area contributed by atoms with E-state index in [1.807, 2.05) is 37.9 Å². The summed E-state index contributed by atoms with van der Waals surface area (Å²) in [5.74, 6) is -0.929. The molecule has 1 unspecified atom stereocenters. The van der Waals surface area contributed by atoms with Crippen molar-refractivity contribution in [2.24, 2.45) is 0 Å². The highest BCUT2D eigenvalue weighted by molar-refractivity contribution is 5.89. The van der Waals surface area contributed by atoms with E-state index in [1.54, 1.807) is 12.1 Å². The van der Waals surface area contributed by atoms with Gasteiger partial charge in [-0.1, -0.05) is 18.2 Å². The first-order valence-corrected chi connectivity index (χ1v) is 6.76. The number of aromatic carboxylic acids is 1. The van der Waals surface area contributed by atoms with Crippen molar-refractivity contribution in [1.82, 2.24) is 10.2 Å². The smallest absolute Gasteiger partial charge is 0.335 e. The minimum absolute atomic E-state index is 0.0125. The zero-order valence-electron chi connectivity index (χ0n) is 12.2. The number of nitrogens with one attached hydrogen (secondary N) is 1. The van der Waals surface area contributed by atoms with Gasteiger partial charge in [-0.15, -0.1) is 0 Å². The molecule has 0 fully saturated rings. The van der Waals surface area contributed by atoms with Crippen LogP contribution in [0.4, 0.5) is 0 Å². The van der Waals surface area contributed by atoms with E-state index in [-0.39, 0.29) is 11.9 Å². The summed E-state index contributed by atoms with van der Waals surface area (Å²) in [4.78, 5) is 24.8. The quantitative estimate of drug-likeness (QED) is 0.790. The standard InChI is InChI=1S/C15H22N2O3/c1-4-16-14(18)11(2)17(3)10-9-12-7-5-6-8-13(12)15(19)20/h5-8,11H,4,9-10H2,1-3H3,(H,16,18)(H,19,20). The molecule has 0 bridgehead atoms. The maximum Gasteiger partial charge on any atom is 0.335 e. The summed E-state index contributed by atoms with van der Waals surface area (Å²) in [5.41, 5.74) is 1.11. The molecule has 0 aliphatic carbocycles. The number of carbonyl (C=O) groups is 2. The number of carbonyl (C=O) groups excluding carboxylic acids is 1. The van der Waals surface area contributed by atoms with E-state index < -0.39 is 5.97 Å². The van der Waals surface area contributed by atoms with Crippen molar-refractivity contribution < 1.29 is 14.7 Å². The van der Waals surface area contributed by atoms with Gasteiger partial charge in [0.2, 0.25) is 5.91 Å². The van der Waals surface area contributed by atoms with Gasteiger partial charge in [-0.05, 0) is 38.9 Å². The van der Waals surface area contributed by atoms with Crippen LogP contribution in [0.25, 0.3) is 0 Å². The Morgan fingerprint density at radius 2 is 2.00 bits per heavy atom. The van der Waals surface area contributed by atoms with Gasteiger partial charge in [-0.3, -0.25) is 9.69 Å². The molecule has 1 aromatic carbocycles. The Labute approximate surface area is 119 Å². The Kier molecular flexibility index (Phi) is 6.18. The summed E-state index contributed by atoms with van der Waals surface area (Å²) >= 11 is 0. The number of hydrogen-bond acceptors (Lipinski definition) is 3. The van der Waals surface area contributed by atoms with Gasteiger partial charge < -0.3 is 10.4 Å². The third kappa shape index (κ3) is 4.35. The summed E-state index contributed by atoms with van der Waals surface area (Å²) in [6, 6.07) is 6.73. The highest BCUT2D eigenvalue weighted by atomic mass is 16.4. The van der Waals surface area contributed by atoms with Gasteiger partial charge in [0.1, 0.15) is 0 Å². The molecule has 0 heterocycles. The average Bonchev–Trinajstić information content (AvgIpc) is 2.44. The fourth-order valence-electron chi connectivity index (χ4n) is 1.96. The molecule has 1 aromatic rings. The lowest BCUT2D eigenvalue weighted by Gasteiger charge is -2.23. The molecule has 0 aliphatic rings. The van der Waals surface area contributed by atoms with Crippen molar-refractivity contribution in [2.75, 3.05) is 20.1 Å². The van der Waals surface area contributed by atoms with Crippen molar-refractivity contribution in [3.05, 3.63) is 35.4 Å². The van der Waals surface area contributed by atoms with Crippen molar-refractivity contribution in [1.29, 1.82) is 0 Å². The number of benzene rings is 1. The van der Waals surface area contributed by atoms with Crippen LogP contribution >= 0.6 is 0 Å². The van der Waals surface area contributed by atoms with Crippen LogP contribution in [0.1, 0.15) is 29.8 Å². The zero-order valence-corrected chi connectivity index (χ0v) is 12.2. The fourth-order valence-corrected chi connectivity index (χ4v) is 1.96. The first-order chi connectivity index (χ1) is 9.47. The number of carboxylic acid groups (broad SMARTS) is 1. The summed E-state index contributed by atoms with van der Waals surface area (Å²) in [6.07, 6.45) is 0.600. The van der Waals surface area contributed by atoms with Crippen LogP contribution in [-0.2, 0) is 11.2 Å². The van der Waals surface area contributed by atoms with Crippen LogP contribution in [0.5, 0.6) is 0 Å². The second kappa shape index (κ2) is 7.65. The van der Waals surface area contributed by atoms with Gasteiger partial charge in [0.05, 0.1) is 11.6 Å². The second-order valence-corrected chi connectivity index (χ2v) is 4.76. The number of carboxylic acids is 1. The predicted octanol–water partition coefficient (Wildman–Crippen LogP) is 1.38. The molecule has 5 heteroatoms. The predicted molar refractivity (Wildman–Crippen MR) is 77.9 cm³/mol. The third-order valence-corrected chi connectivity index (χ3v) is 3.37. The lowest BCUT2D eigenvalue weighted by Crippen LogP contribution is -2.43. The molecule has 0 radical (unpaired) electrons. The molecule has 0 saturated heterocycles. The molecule has 0 spiro atoms. The Morgan fingerprint density at radius 1 is 1.35 bits per heavy atom. The Hall–Kier alpha value is -1.88. The van der Waals surface area contributed by atoms with Crippen LogP contribution in [-0.4, -0.2) is 48.1 Å². The minimum atomic E-state index is -0.917. The first-order valence-electron chi connectivity index (χ1n) is 6.76. The van der Waals surface area contributed by atoms with Crippen molar-refractivity contribution >= 4 is 11.9 Å². The number of likely N-dealkylation sites (N-methyl/N-ethyl adjacent to an activating group) is 2. The zero-order chi connectivity index (χ0) is 15.1. The maximum atomic E-state index is 11.7. The SMILES string of the molecule is CCNC(=O)C(C)N(C)CCc1ccccc1C(=O)O. The van der Waals surface area contributed by atoms with Crippen LogP contribution < -0.4 is 5.32 Å². The van der Waals surface area contributed by atoms with Crippen LogP contribution in [0, 0.1) is 0 Å². The fraction of sp³-hybridized carbons (Fsp3) is 0.467. The molecule has 0 aliphatic heterocycles. The van der Waals surface area contributed by atoms with Gasteiger partial charge in [0, 0.05) is 13.1 Å². The molecular weight excluding hydrogens is 256 g/mol. The van der Waals surface area contributed by atoms with Gasteiger partial charge in [-0.25, -0.2) is 4.79 Å². The lowest BCUT2D eigenvalue weighted by atomic mass is 10.0. The number of hydrogen-bond donors (Lipinski definition) is 2. The molecule has 2 N–H and O–H groups in total. The number of amides is 1. The van der Waals surface area contributed by atoms with Crippen LogP contribution in [0.15, 0.2) is 24.3 Å². The van der Waals surface area contributed by atoms with Crippen LogP contribution in [0.3, 0.4) is 0 Å². The first kappa shape index (κ1) is 16.2. The normalized spacial score (nSPS) is 12.2. The molecule has 110 valence electrons. The van der Waals surface area contributed by atoms with Gasteiger partial charge >= 0.3 is 5.97 Å². The largest absolute Gasteiger partial charge is 0.478 e. The highest BCUT2D eigenvalue weighted by Crippen LogP contribution is 2.10. The van der Waals surface area contributed by atoms with Gasteiger partial charge in [-0.2, -0.15) is 0 Å². The number of rotatable bonds is 7. The van der Waals surface area contributed by atoms with E-state index in [1.165, 1.54) is 0 Å². The van der Waals surface area contributed by atoms with Crippen molar-refractivity contribution in [2.45, 2.75) is 26.3 Å². The van der Waals surface area contributed by atoms with E-state index in [9.17, 15) is 9.59 Å². The summed E-state index contributed by atoms with van der Waals surface area (Å²) in [6.45, 7) is 4.96. The van der Waals surface area contributed by atoms with Crippen molar-refractivity contribution in [3.63, 3.8) is 0 Å². The van der Waals surface area contributed by atoms with E-state index >= 15 is 0 Å². The molecule has 0 saturated carbocycles. The Morgan fingerprint density at radius 3 is 2.60 bits per heavy atom. The molecule has 1 amide bonds. The van der Waals surface area contributed by atoms with Crippen molar-refractivity contribution in [3.8, 4) is 0 Å². The summed E-state index contributed by atoms with van der Waals surface area (Å²) in [5, 5.41) is 11.9. The second-order valence-electron chi connectivity index (χ2n) is 4.76. The van der Waals surface area contributed by atoms with Gasteiger partial charge in [0.15, 0.2) is 0 Å². The summed E-state index contributed by atoms with van der Waals surface area (Å²) in [7, 11) is 1.86. The Balaban J connectivity index is 2.63. The molecule has 5 nitrogen and oxygen atoms in total. The number of nitrogens with zero attached hydrogens (tertiary/aromatic N) is 1. The molecule has 0 aromatic heterocycles. The topological polar surface area (TPSA) is 69.6 Å². The Bertz CT molecular complexity index is 474. The molecule has 1 rings (SSSR count). The van der Waals surface area contributed by atoms with Gasteiger partial charge in [0.25, 0.3) is 0 Å². The third-order valence-electron chi connectivity index (χ3n) is 3.37. The molecule has 1 atom stereocenters. The monoisotopic (exact) mass is 278 g/mol. The van der Waals surface area contributed by atoms with E-state index in [0.717, 1.165) is 5.56 Å². The van der Waals surface area contributed by atoms with E-state index in [4.69, 9.17) is 5.11 Å². The average molecular weight is 278 g/mol. The van der Waals surface area contributed by atoms with E-state index in [2.05, 4.69) is 5.32 Å². The highest BCUT2D eigenvalue weighted by Gasteiger charge is 2.17. The van der Waals surface area contributed by atoms with E-state index in [0.29, 0.717) is 25.1 Å². The lowest BCUT2D eigenvalue weighted by molar-refractivity contribution is -0.125. The molecule has 20 heavy (non-hydrogen) atoms.